The summed E-state index contributed by atoms with van der Waals surface area (Å²) in [7, 11) is 0. The molecule has 0 unspecified atom stereocenters. The average molecular weight is 344 g/mol. The first kappa shape index (κ1) is 14.8. The topological polar surface area (TPSA) is 77.3 Å². The van der Waals surface area contributed by atoms with Gasteiger partial charge in [0.05, 0.1) is 0 Å². The number of aromatic amines is 1. The van der Waals surface area contributed by atoms with E-state index in [1.807, 2.05) is 37.3 Å². The van der Waals surface area contributed by atoms with Crippen LogP contribution in [0.15, 0.2) is 36.4 Å². The van der Waals surface area contributed by atoms with Crippen molar-refractivity contribution >= 4 is 28.4 Å². The molecule has 0 fully saturated rings. The molecule has 24 heavy (non-hydrogen) atoms. The fourth-order valence-electron chi connectivity index (χ4n) is 2.41. The minimum Gasteiger partial charge on any atom is -0.490 e. The summed E-state index contributed by atoms with van der Waals surface area (Å²) in [6, 6.07) is 11.3. The summed E-state index contributed by atoms with van der Waals surface area (Å²) in [6.45, 7) is 2.64. The van der Waals surface area contributed by atoms with E-state index < -0.39 is 0 Å². The van der Waals surface area contributed by atoms with Gasteiger partial charge in [0.1, 0.15) is 30.3 Å². The number of hydrogen-bond acceptors (Lipinski definition) is 5. The van der Waals surface area contributed by atoms with E-state index >= 15 is 0 Å². The van der Waals surface area contributed by atoms with Crippen LogP contribution < -0.4 is 9.47 Å². The monoisotopic (exact) mass is 343 g/mol. The van der Waals surface area contributed by atoms with Crippen LogP contribution >= 0.6 is 11.6 Å². The van der Waals surface area contributed by atoms with E-state index in [0.717, 1.165) is 11.6 Å². The Morgan fingerprint density at radius 2 is 1.92 bits per heavy atom. The number of nitrogens with zero attached hydrogens (tertiary/aromatic N) is 4. The van der Waals surface area contributed by atoms with Crippen LogP contribution in [0.4, 0.5) is 0 Å². The maximum Gasteiger partial charge on any atom is 0.235 e. The number of halogens is 1. The summed E-state index contributed by atoms with van der Waals surface area (Å²) >= 11 is 6.17. The Labute approximate surface area is 142 Å². The van der Waals surface area contributed by atoms with Gasteiger partial charge in [-0.3, -0.25) is 0 Å². The van der Waals surface area contributed by atoms with E-state index in [9.17, 15) is 0 Å². The normalized spacial score (nSPS) is 11.2. The average Bonchev–Trinajstić information content (AvgIpc) is 3.16. The Morgan fingerprint density at radius 3 is 2.75 bits per heavy atom. The molecule has 3 aromatic heterocycles. The number of aryl methyl sites for hydroxylation is 1. The fraction of sp³-hybridized carbons (Fsp3) is 0.188. The minimum absolute atomic E-state index is 0.358. The van der Waals surface area contributed by atoms with Crippen LogP contribution in [0.5, 0.6) is 11.6 Å². The third-order valence-corrected chi connectivity index (χ3v) is 3.71. The summed E-state index contributed by atoms with van der Waals surface area (Å²) < 4.78 is 12.8. The Hall–Kier alpha value is -2.80. The number of H-pyrrole nitrogens is 1. The highest BCUT2D eigenvalue weighted by atomic mass is 35.5. The van der Waals surface area contributed by atoms with Crippen LogP contribution in [0.25, 0.3) is 16.8 Å². The molecule has 4 rings (SSSR count). The Bertz CT molecular complexity index is 996. The lowest BCUT2D eigenvalue weighted by molar-refractivity contribution is 0.211. The third-order valence-electron chi connectivity index (χ3n) is 3.44. The largest absolute Gasteiger partial charge is 0.490 e. The molecule has 1 N–H and O–H groups in total. The van der Waals surface area contributed by atoms with Gasteiger partial charge in [0.2, 0.25) is 5.88 Å². The van der Waals surface area contributed by atoms with E-state index in [0.29, 0.717) is 41.1 Å². The maximum atomic E-state index is 6.17. The highest BCUT2D eigenvalue weighted by molar-refractivity contribution is 6.33. The number of imidazole rings is 1. The molecule has 0 amide bonds. The van der Waals surface area contributed by atoms with Gasteiger partial charge < -0.3 is 14.5 Å². The van der Waals surface area contributed by atoms with Crippen LogP contribution in [0.2, 0.25) is 5.15 Å². The van der Waals surface area contributed by atoms with Gasteiger partial charge in [-0.2, -0.15) is 4.52 Å². The highest BCUT2D eigenvalue weighted by Gasteiger charge is 2.14. The summed E-state index contributed by atoms with van der Waals surface area (Å²) in [5.74, 6) is 2.00. The zero-order chi connectivity index (χ0) is 16.5. The summed E-state index contributed by atoms with van der Waals surface area (Å²) in [6.07, 6.45) is 0. The van der Waals surface area contributed by atoms with Crippen molar-refractivity contribution in [2.75, 3.05) is 13.2 Å². The first-order valence-corrected chi connectivity index (χ1v) is 7.81. The Morgan fingerprint density at radius 1 is 1.12 bits per heavy atom. The van der Waals surface area contributed by atoms with Crippen LogP contribution in [0.1, 0.15) is 5.82 Å². The third kappa shape index (κ3) is 2.74. The Balaban J connectivity index is 1.50. The van der Waals surface area contributed by atoms with Crippen molar-refractivity contribution in [1.29, 1.82) is 0 Å². The number of aromatic nitrogens is 5. The lowest BCUT2D eigenvalue weighted by Gasteiger charge is -2.05. The second-order valence-corrected chi connectivity index (χ2v) is 5.54. The maximum absolute atomic E-state index is 6.17. The molecule has 1 aromatic carbocycles. The molecule has 0 saturated heterocycles. The summed E-state index contributed by atoms with van der Waals surface area (Å²) in [4.78, 5) is 11.8. The molecular formula is C16H14ClN5O2. The van der Waals surface area contributed by atoms with Crippen molar-refractivity contribution in [1.82, 2.24) is 24.6 Å². The molecule has 0 aliphatic rings. The van der Waals surface area contributed by atoms with E-state index in [1.165, 1.54) is 0 Å². The van der Waals surface area contributed by atoms with E-state index in [1.54, 1.807) is 10.6 Å². The van der Waals surface area contributed by atoms with Crippen LogP contribution in [-0.4, -0.2) is 37.8 Å². The molecular weight excluding hydrogens is 330 g/mol. The van der Waals surface area contributed by atoms with Crippen molar-refractivity contribution in [2.45, 2.75) is 6.92 Å². The van der Waals surface area contributed by atoms with E-state index in [4.69, 9.17) is 21.1 Å². The number of ether oxygens (including phenoxy) is 2. The van der Waals surface area contributed by atoms with Gasteiger partial charge in [-0.15, -0.1) is 5.10 Å². The number of fused-ring (bicyclic) bond motifs is 3. The lowest BCUT2D eigenvalue weighted by Crippen LogP contribution is -2.09. The van der Waals surface area contributed by atoms with Gasteiger partial charge in [-0.1, -0.05) is 29.8 Å². The van der Waals surface area contributed by atoms with Crippen molar-refractivity contribution in [3.63, 3.8) is 0 Å². The molecule has 0 atom stereocenters. The van der Waals surface area contributed by atoms with Crippen LogP contribution in [0.3, 0.4) is 0 Å². The summed E-state index contributed by atoms with van der Waals surface area (Å²) in [5.41, 5.74) is 1.86. The van der Waals surface area contributed by atoms with Crippen molar-refractivity contribution in [2.24, 2.45) is 0 Å². The number of rotatable bonds is 5. The van der Waals surface area contributed by atoms with Crippen LogP contribution in [0, 0.1) is 6.92 Å². The first-order chi connectivity index (χ1) is 11.7. The minimum atomic E-state index is 0.358. The van der Waals surface area contributed by atoms with Crippen molar-refractivity contribution in [3.05, 3.63) is 47.4 Å². The van der Waals surface area contributed by atoms with Crippen molar-refractivity contribution in [3.8, 4) is 11.6 Å². The smallest absolute Gasteiger partial charge is 0.235 e. The second-order valence-electron chi connectivity index (χ2n) is 5.19. The zero-order valence-corrected chi connectivity index (χ0v) is 13.6. The van der Waals surface area contributed by atoms with Gasteiger partial charge in [0, 0.05) is 6.07 Å². The quantitative estimate of drug-likeness (QED) is 0.445. The molecule has 0 saturated carbocycles. The second kappa shape index (κ2) is 6.01. The molecule has 3 heterocycles. The standard InChI is InChI=1S/C16H14ClN5O2/c1-10-18-14-15(17)20-12-9-13(21-22(12)16(14)19-10)24-8-7-23-11-5-3-2-4-6-11/h2-6,9H,7-8H2,1H3,(H,18,19). The SMILES string of the molecule is Cc1nc2c([nH]1)c(Cl)nc1cc(OCCOc3ccccc3)nn12. The molecule has 0 spiro atoms. The molecule has 4 aromatic rings. The van der Waals surface area contributed by atoms with Gasteiger partial charge in [0.25, 0.3) is 0 Å². The number of hydrogen-bond donors (Lipinski definition) is 1. The number of benzene rings is 1. The molecule has 8 heteroatoms. The highest BCUT2D eigenvalue weighted by Crippen LogP contribution is 2.23. The fourth-order valence-corrected chi connectivity index (χ4v) is 2.63. The molecule has 0 bridgehead atoms. The molecule has 0 aliphatic carbocycles. The number of nitrogens with one attached hydrogen (secondary N) is 1. The lowest BCUT2D eigenvalue weighted by atomic mass is 10.3. The summed E-state index contributed by atoms with van der Waals surface area (Å²) in [5, 5.41) is 4.73. The predicted molar refractivity (Wildman–Crippen MR) is 89.8 cm³/mol. The number of para-hydroxylation sites is 1. The predicted octanol–water partition coefficient (Wildman–Crippen LogP) is 3.03. The van der Waals surface area contributed by atoms with Gasteiger partial charge >= 0.3 is 0 Å². The molecule has 122 valence electrons. The van der Waals surface area contributed by atoms with Gasteiger partial charge in [0.15, 0.2) is 16.4 Å². The van der Waals surface area contributed by atoms with Gasteiger partial charge in [-0.05, 0) is 19.1 Å². The molecule has 7 nitrogen and oxygen atoms in total. The van der Waals surface area contributed by atoms with Crippen molar-refractivity contribution < 1.29 is 9.47 Å². The first-order valence-electron chi connectivity index (χ1n) is 7.43. The van der Waals surface area contributed by atoms with Gasteiger partial charge in [-0.25, -0.2) is 9.97 Å². The zero-order valence-electron chi connectivity index (χ0n) is 12.9. The van der Waals surface area contributed by atoms with E-state index in [2.05, 4.69) is 20.1 Å². The Kier molecular flexibility index (Phi) is 3.70. The molecule has 0 aliphatic heterocycles. The molecule has 0 radical (unpaired) electrons. The van der Waals surface area contributed by atoms with E-state index in [-0.39, 0.29) is 0 Å². The van der Waals surface area contributed by atoms with Crippen LogP contribution in [-0.2, 0) is 0 Å².